The number of nitrogens with one attached hydrogen (secondary N) is 1. The van der Waals surface area contributed by atoms with Crippen molar-refractivity contribution >= 4 is 5.91 Å². The minimum absolute atomic E-state index is 0.0283. The van der Waals surface area contributed by atoms with Gasteiger partial charge in [0.2, 0.25) is 5.91 Å². The number of carbonyl (C=O) groups is 1. The molecule has 1 amide bonds. The van der Waals surface area contributed by atoms with Crippen LogP contribution in [0.25, 0.3) is 0 Å². The highest BCUT2D eigenvalue weighted by atomic mass is 16.5. The Morgan fingerprint density at radius 2 is 1.84 bits per heavy atom. The van der Waals surface area contributed by atoms with Gasteiger partial charge in [-0.05, 0) is 11.5 Å². The number of rotatable bonds is 9. The summed E-state index contributed by atoms with van der Waals surface area (Å²) in [5, 5.41) is 3.13. The second kappa shape index (κ2) is 10.5. The van der Waals surface area contributed by atoms with Gasteiger partial charge in [0.05, 0.1) is 13.2 Å². The smallest absolute Gasteiger partial charge is 0.221 e. The number of morpholine rings is 1. The Labute approximate surface area is 151 Å². The first-order valence-corrected chi connectivity index (χ1v) is 9.54. The third-order valence-corrected chi connectivity index (χ3v) is 5.25. The van der Waals surface area contributed by atoms with E-state index >= 15 is 0 Å². The third-order valence-electron chi connectivity index (χ3n) is 5.25. The maximum atomic E-state index is 12.4. The maximum Gasteiger partial charge on any atom is 0.221 e. The Morgan fingerprint density at radius 1 is 1.20 bits per heavy atom. The van der Waals surface area contributed by atoms with Crippen molar-refractivity contribution in [2.24, 2.45) is 11.7 Å². The van der Waals surface area contributed by atoms with E-state index in [1.54, 1.807) is 0 Å². The summed E-state index contributed by atoms with van der Waals surface area (Å²) < 4.78 is 5.48. The van der Waals surface area contributed by atoms with Gasteiger partial charge >= 0.3 is 0 Å². The lowest BCUT2D eigenvalue weighted by Crippen LogP contribution is -2.52. The highest BCUT2D eigenvalue weighted by Gasteiger charge is 2.27. The molecule has 1 aromatic carbocycles. The van der Waals surface area contributed by atoms with E-state index in [-0.39, 0.29) is 11.9 Å². The average molecular weight is 348 g/mol. The van der Waals surface area contributed by atoms with Crippen LogP contribution in [0.3, 0.4) is 0 Å². The summed E-state index contributed by atoms with van der Waals surface area (Å²) in [5.74, 6) is 0.613. The van der Waals surface area contributed by atoms with Gasteiger partial charge in [-0.3, -0.25) is 9.69 Å². The molecule has 140 valence electrons. The van der Waals surface area contributed by atoms with Crippen molar-refractivity contribution in [3.8, 4) is 0 Å². The molecule has 1 aliphatic rings. The topological polar surface area (TPSA) is 67.6 Å². The molecule has 1 aliphatic heterocycles. The first-order chi connectivity index (χ1) is 12.2. The molecule has 25 heavy (non-hydrogen) atoms. The van der Waals surface area contributed by atoms with Crippen LogP contribution < -0.4 is 11.1 Å². The van der Waals surface area contributed by atoms with Crippen molar-refractivity contribution in [1.82, 2.24) is 10.2 Å². The van der Waals surface area contributed by atoms with E-state index in [2.05, 4.69) is 24.1 Å². The van der Waals surface area contributed by atoms with Crippen LogP contribution in [0, 0.1) is 5.92 Å². The summed E-state index contributed by atoms with van der Waals surface area (Å²) in [4.78, 5) is 14.8. The van der Waals surface area contributed by atoms with Crippen LogP contribution in [0.15, 0.2) is 30.3 Å². The van der Waals surface area contributed by atoms with Crippen LogP contribution in [0.1, 0.15) is 44.7 Å². The van der Waals surface area contributed by atoms with Gasteiger partial charge in [-0.2, -0.15) is 0 Å². The van der Waals surface area contributed by atoms with Crippen molar-refractivity contribution in [2.75, 3.05) is 32.8 Å². The molecule has 2 atom stereocenters. The molecule has 0 radical (unpaired) electrons. The first-order valence-electron chi connectivity index (χ1n) is 9.54. The van der Waals surface area contributed by atoms with Crippen molar-refractivity contribution in [3.63, 3.8) is 0 Å². The summed E-state index contributed by atoms with van der Waals surface area (Å²) >= 11 is 0. The SMILES string of the molecule is CCC(CC)C(CNC(=O)CC(N)c1ccccc1)N1CCOCC1. The quantitative estimate of drug-likeness (QED) is 0.719. The number of hydrogen-bond donors (Lipinski definition) is 2. The van der Waals surface area contributed by atoms with Crippen molar-refractivity contribution in [3.05, 3.63) is 35.9 Å². The molecule has 1 heterocycles. The zero-order chi connectivity index (χ0) is 18.1. The van der Waals surface area contributed by atoms with Crippen LogP contribution >= 0.6 is 0 Å². The maximum absolute atomic E-state index is 12.4. The molecule has 0 aliphatic carbocycles. The third kappa shape index (κ3) is 6.10. The van der Waals surface area contributed by atoms with E-state index in [9.17, 15) is 4.79 Å². The van der Waals surface area contributed by atoms with Crippen LogP contribution in [-0.4, -0.2) is 49.7 Å². The Bertz CT molecular complexity index is 499. The average Bonchev–Trinajstić information content (AvgIpc) is 2.66. The predicted octanol–water partition coefficient (Wildman–Crippen LogP) is 2.33. The number of amides is 1. The number of hydrogen-bond acceptors (Lipinski definition) is 4. The van der Waals surface area contributed by atoms with Crippen molar-refractivity contribution in [1.29, 1.82) is 0 Å². The standard InChI is InChI=1S/C20H33N3O2/c1-3-16(4-2)19(23-10-12-25-13-11-23)15-22-20(24)14-18(21)17-8-6-5-7-9-17/h5-9,16,18-19H,3-4,10-15,21H2,1-2H3,(H,22,24). The summed E-state index contributed by atoms with van der Waals surface area (Å²) in [5.41, 5.74) is 7.17. The number of ether oxygens (including phenoxy) is 1. The van der Waals surface area contributed by atoms with E-state index in [0.717, 1.165) is 44.7 Å². The molecule has 0 bridgehead atoms. The van der Waals surface area contributed by atoms with E-state index in [0.29, 0.717) is 24.9 Å². The molecule has 0 saturated carbocycles. The van der Waals surface area contributed by atoms with Gasteiger partial charge < -0.3 is 15.8 Å². The second-order valence-corrected chi connectivity index (χ2v) is 6.82. The van der Waals surface area contributed by atoms with Gasteiger partial charge in [0.25, 0.3) is 0 Å². The highest BCUT2D eigenvalue weighted by molar-refractivity contribution is 5.76. The van der Waals surface area contributed by atoms with Crippen molar-refractivity contribution < 1.29 is 9.53 Å². The predicted molar refractivity (Wildman–Crippen MR) is 101 cm³/mol. The van der Waals surface area contributed by atoms with E-state index in [4.69, 9.17) is 10.5 Å². The lowest BCUT2D eigenvalue weighted by Gasteiger charge is -2.38. The lowest BCUT2D eigenvalue weighted by atomic mass is 9.92. The van der Waals surface area contributed by atoms with Gasteiger partial charge in [-0.15, -0.1) is 0 Å². The zero-order valence-corrected chi connectivity index (χ0v) is 15.6. The molecule has 1 aromatic rings. The van der Waals surface area contributed by atoms with Crippen LogP contribution in [0.4, 0.5) is 0 Å². The fourth-order valence-electron chi connectivity index (χ4n) is 3.64. The molecular weight excluding hydrogens is 314 g/mol. The molecule has 3 N–H and O–H groups in total. The van der Waals surface area contributed by atoms with Crippen LogP contribution in [-0.2, 0) is 9.53 Å². The molecular formula is C20H33N3O2. The largest absolute Gasteiger partial charge is 0.379 e. The van der Waals surface area contributed by atoms with E-state index in [1.807, 2.05) is 30.3 Å². The summed E-state index contributed by atoms with van der Waals surface area (Å²) in [6.45, 7) is 8.60. The fraction of sp³-hybridized carbons (Fsp3) is 0.650. The van der Waals surface area contributed by atoms with Gasteiger partial charge in [0.15, 0.2) is 0 Å². The Morgan fingerprint density at radius 3 is 2.44 bits per heavy atom. The van der Waals surface area contributed by atoms with Gasteiger partial charge in [-0.1, -0.05) is 57.0 Å². The minimum atomic E-state index is -0.254. The summed E-state index contributed by atoms with van der Waals surface area (Å²) in [7, 11) is 0. The first kappa shape index (κ1) is 19.9. The Balaban J connectivity index is 1.88. The summed E-state index contributed by atoms with van der Waals surface area (Å²) in [6.07, 6.45) is 2.57. The number of nitrogens with zero attached hydrogens (tertiary/aromatic N) is 1. The Hall–Kier alpha value is -1.43. The number of benzene rings is 1. The van der Waals surface area contributed by atoms with Crippen LogP contribution in [0.2, 0.25) is 0 Å². The molecule has 2 unspecified atom stereocenters. The highest BCUT2D eigenvalue weighted by Crippen LogP contribution is 2.20. The molecule has 5 nitrogen and oxygen atoms in total. The molecule has 1 saturated heterocycles. The van der Waals surface area contributed by atoms with Crippen LogP contribution in [0.5, 0.6) is 0 Å². The molecule has 0 spiro atoms. The molecule has 2 rings (SSSR count). The van der Waals surface area contributed by atoms with Gasteiger partial charge in [0.1, 0.15) is 0 Å². The Kier molecular flexibility index (Phi) is 8.38. The lowest BCUT2D eigenvalue weighted by molar-refractivity contribution is -0.122. The van der Waals surface area contributed by atoms with Crippen molar-refractivity contribution in [2.45, 2.75) is 45.2 Å². The van der Waals surface area contributed by atoms with E-state index in [1.165, 1.54) is 0 Å². The summed E-state index contributed by atoms with van der Waals surface area (Å²) in [6, 6.07) is 9.92. The fourth-order valence-corrected chi connectivity index (χ4v) is 3.64. The normalized spacial score (nSPS) is 18.1. The van der Waals surface area contributed by atoms with Gasteiger partial charge in [-0.25, -0.2) is 0 Å². The minimum Gasteiger partial charge on any atom is -0.379 e. The molecule has 0 aromatic heterocycles. The molecule has 5 heteroatoms. The second-order valence-electron chi connectivity index (χ2n) is 6.82. The number of nitrogens with two attached hydrogens (primary N) is 1. The molecule has 1 fully saturated rings. The number of carbonyl (C=O) groups excluding carboxylic acids is 1. The monoisotopic (exact) mass is 347 g/mol. The zero-order valence-electron chi connectivity index (χ0n) is 15.6. The van der Waals surface area contributed by atoms with E-state index < -0.39 is 0 Å². The van der Waals surface area contributed by atoms with Gasteiger partial charge in [0, 0.05) is 38.1 Å².